The summed E-state index contributed by atoms with van der Waals surface area (Å²) in [5, 5.41) is 9.79. The van der Waals surface area contributed by atoms with Crippen molar-refractivity contribution in [2.75, 3.05) is 0 Å². The quantitative estimate of drug-likeness (QED) is 0.619. The summed E-state index contributed by atoms with van der Waals surface area (Å²) < 4.78 is 6.70. The van der Waals surface area contributed by atoms with Crippen LogP contribution in [-0.2, 0) is 6.61 Å². The minimum absolute atomic E-state index is 0.324. The third-order valence-corrected chi connectivity index (χ3v) is 3.79. The standard InChI is InChI=1S/C16H10BrCl2NO/c17-13-4-6-16(11(8-13)2-1-7-20)21-10-12-3-5-14(18)9-15(12)19/h1-6,8-9H,10H2. The van der Waals surface area contributed by atoms with Crippen molar-refractivity contribution in [3.63, 3.8) is 0 Å². The van der Waals surface area contributed by atoms with Crippen LogP contribution in [0.3, 0.4) is 0 Å². The summed E-state index contributed by atoms with van der Waals surface area (Å²) in [5.74, 6) is 0.677. The molecule has 0 saturated carbocycles. The van der Waals surface area contributed by atoms with E-state index in [1.165, 1.54) is 6.08 Å². The zero-order valence-electron chi connectivity index (χ0n) is 10.8. The Morgan fingerprint density at radius 2 is 2.00 bits per heavy atom. The molecule has 0 N–H and O–H groups in total. The number of allylic oxidation sites excluding steroid dienone is 1. The van der Waals surface area contributed by atoms with Gasteiger partial charge in [-0.1, -0.05) is 45.2 Å². The van der Waals surface area contributed by atoms with Gasteiger partial charge in [0.2, 0.25) is 0 Å². The van der Waals surface area contributed by atoms with Crippen LogP contribution in [0.15, 0.2) is 46.9 Å². The van der Waals surface area contributed by atoms with Crippen LogP contribution in [0.25, 0.3) is 6.08 Å². The fourth-order valence-electron chi connectivity index (χ4n) is 1.70. The molecule has 2 aromatic rings. The zero-order chi connectivity index (χ0) is 15.2. The molecule has 0 atom stereocenters. The van der Waals surface area contributed by atoms with E-state index in [1.54, 1.807) is 18.2 Å². The Morgan fingerprint density at radius 1 is 1.19 bits per heavy atom. The van der Waals surface area contributed by atoms with Crippen LogP contribution >= 0.6 is 39.1 Å². The lowest BCUT2D eigenvalue weighted by molar-refractivity contribution is 0.305. The molecular weight excluding hydrogens is 373 g/mol. The highest BCUT2D eigenvalue weighted by atomic mass is 79.9. The molecule has 2 rings (SSSR count). The molecular formula is C16H10BrCl2NO. The number of ether oxygens (including phenoxy) is 1. The van der Waals surface area contributed by atoms with Gasteiger partial charge in [-0.3, -0.25) is 0 Å². The highest BCUT2D eigenvalue weighted by Crippen LogP contribution is 2.27. The Kier molecular flexibility index (Phi) is 5.69. The number of rotatable bonds is 4. The van der Waals surface area contributed by atoms with Crippen LogP contribution in [0.2, 0.25) is 10.0 Å². The predicted octanol–water partition coefficient (Wildman–Crippen LogP) is 5.87. The number of hydrogen-bond acceptors (Lipinski definition) is 2. The highest BCUT2D eigenvalue weighted by molar-refractivity contribution is 9.10. The molecule has 106 valence electrons. The van der Waals surface area contributed by atoms with Gasteiger partial charge in [-0.05, 0) is 36.4 Å². The van der Waals surface area contributed by atoms with Crippen molar-refractivity contribution < 1.29 is 4.74 Å². The van der Waals surface area contributed by atoms with Gasteiger partial charge in [0.05, 0.1) is 6.07 Å². The van der Waals surface area contributed by atoms with E-state index in [1.807, 2.05) is 30.3 Å². The van der Waals surface area contributed by atoms with E-state index in [-0.39, 0.29) is 0 Å². The molecule has 5 heteroatoms. The van der Waals surface area contributed by atoms with Crippen LogP contribution in [0.4, 0.5) is 0 Å². The van der Waals surface area contributed by atoms with Gasteiger partial charge in [0.15, 0.2) is 0 Å². The maximum absolute atomic E-state index is 8.64. The molecule has 0 amide bonds. The van der Waals surface area contributed by atoms with Crippen molar-refractivity contribution in [3.05, 3.63) is 68.1 Å². The number of benzene rings is 2. The van der Waals surface area contributed by atoms with E-state index >= 15 is 0 Å². The Morgan fingerprint density at radius 3 is 2.71 bits per heavy atom. The molecule has 0 unspecified atom stereocenters. The van der Waals surface area contributed by atoms with E-state index in [0.29, 0.717) is 22.4 Å². The lowest BCUT2D eigenvalue weighted by Gasteiger charge is -2.11. The maximum atomic E-state index is 8.64. The van der Waals surface area contributed by atoms with Crippen molar-refractivity contribution in [1.29, 1.82) is 5.26 Å². The fourth-order valence-corrected chi connectivity index (χ4v) is 2.54. The minimum Gasteiger partial charge on any atom is -0.488 e. The Bertz CT molecular complexity index is 723. The predicted molar refractivity (Wildman–Crippen MR) is 89.6 cm³/mol. The first-order valence-corrected chi connectivity index (χ1v) is 7.57. The van der Waals surface area contributed by atoms with Gasteiger partial charge in [0.1, 0.15) is 12.4 Å². The van der Waals surface area contributed by atoms with Crippen LogP contribution in [0, 0.1) is 11.3 Å². The number of hydrogen-bond donors (Lipinski definition) is 0. The van der Waals surface area contributed by atoms with Gasteiger partial charge in [-0.25, -0.2) is 0 Å². The normalized spacial score (nSPS) is 10.6. The van der Waals surface area contributed by atoms with Crippen LogP contribution < -0.4 is 4.74 Å². The summed E-state index contributed by atoms with van der Waals surface area (Å²) in [7, 11) is 0. The summed E-state index contributed by atoms with van der Waals surface area (Å²) in [4.78, 5) is 0. The summed E-state index contributed by atoms with van der Waals surface area (Å²) in [6.07, 6.45) is 3.10. The van der Waals surface area contributed by atoms with Gasteiger partial charge >= 0.3 is 0 Å². The molecule has 0 radical (unpaired) electrons. The molecule has 0 aliphatic carbocycles. The van der Waals surface area contributed by atoms with E-state index in [4.69, 9.17) is 33.2 Å². The van der Waals surface area contributed by atoms with E-state index in [2.05, 4.69) is 15.9 Å². The second-order valence-corrected chi connectivity index (χ2v) is 5.93. The maximum Gasteiger partial charge on any atom is 0.127 e. The fraction of sp³-hybridized carbons (Fsp3) is 0.0625. The van der Waals surface area contributed by atoms with E-state index < -0.39 is 0 Å². The van der Waals surface area contributed by atoms with E-state index in [9.17, 15) is 0 Å². The molecule has 0 aliphatic rings. The monoisotopic (exact) mass is 381 g/mol. The smallest absolute Gasteiger partial charge is 0.127 e. The lowest BCUT2D eigenvalue weighted by atomic mass is 10.2. The first kappa shape index (κ1) is 15.9. The Hall–Kier alpha value is -1.47. The molecule has 2 aromatic carbocycles. The van der Waals surface area contributed by atoms with Gasteiger partial charge < -0.3 is 4.74 Å². The van der Waals surface area contributed by atoms with Crippen molar-refractivity contribution in [3.8, 4) is 11.8 Å². The van der Waals surface area contributed by atoms with Gasteiger partial charge in [-0.15, -0.1) is 0 Å². The number of nitrogens with zero attached hydrogens (tertiary/aromatic N) is 1. The topological polar surface area (TPSA) is 33.0 Å². The number of nitriles is 1. The second kappa shape index (κ2) is 7.51. The minimum atomic E-state index is 0.324. The van der Waals surface area contributed by atoms with Crippen molar-refractivity contribution >= 4 is 45.2 Å². The molecule has 0 aliphatic heterocycles. The number of halogens is 3. The zero-order valence-corrected chi connectivity index (χ0v) is 13.9. The molecule has 0 bridgehead atoms. The SMILES string of the molecule is N#CC=Cc1cc(Br)ccc1OCc1ccc(Cl)cc1Cl. The van der Waals surface area contributed by atoms with Gasteiger partial charge in [0.25, 0.3) is 0 Å². The van der Waals surface area contributed by atoms with Crippen LogP contribution in [-0.4, -0.2) is 0 Å². The molecule has 2 nitrogen and oxygen atoms in total. The van der Waals surface area contributed by atoms with Crippen LogP contribution in [0.1, 0.15) is 11.1 Å². The molecule has 21 heavy (non-hydrogen) atoms. The van der Waals surface area contributed by atoms with Crippen LogP contribution in [0.5, 0.6) is 5.75 Å². The summed E-state index contributed by atoms with van der Waals surface area (Å²) >= 11 is 15.4. The van der Waals surface area contributed by atoms with Gasteiger partial charge in [-0.2, -0.15) is 5.26 Å². The Balaban J connectivity index is 2.20. The Labute approximate surface area is 141 Å². The third kappa shape index (κ3) is 4.50. The molecule has 0 saturated heterocycles. The van der Waals surface area contributed by atoms with Crippen molar-refractivity contribution in [2.24, 2.45) is 0 Å². The second-order valence-electron chi connectivity index (χ2n) is 4.17. The largest absolute Gasteiger partial charge is 0.488 e. The summed E-state index contributed by atoms with van der Waals surface area (Å²) in [6, 6.07) is 12.8. The molecule has 0 spiro atoms. The molecule has 0 heterocycles. The molecule has 0 fully saturated rings. The third-order valence-electron chi connectivity index (χ3n) is 2.71. The summed E-state index contributed by atoms with van der Waals surface area (Å²) in [6.45, 7) is 0.324. The summed E-state index contributed by atoms with van der Waals surface area (Å²) in [5.41, 5.74) is 1.66. The highest BCUT2D eigenvalue weighted by Gasteiger charge is 2.05. The van der Waals surface area contributed by atoms with Crippen molar-refractivity contribution in [1.82, 2.24) is 0 Å². The lowest BCUT2D eigenvalue weighted by Crippen LogP contribution is -1.98. The first-order chi connectivity index (χ1) is 10.1. The average Bonchev–Trinajstić information content (AvgIpc) is 2.45. The van der Waals surface area contributed by atoms with Gasteiger partial charge in [0, 0.05) is 31.7 Å². The van der Waals surface area contributed by atoms with E-state index in [0.717, 1.165) is 15.6 Å². The van der Waals surface area contributed by atoms with Crippen molar-refractivity contribution in [2.45, 2.75) is 6.61 Å². The average molecular weight is 383 g/mol. The molecule has 0 aromatic heterocycles. The first-order valence-electron chi connectivity index (χ1n) is 6.02.